The van der Waals surface area contributed by atoms with Gasteiger partial charge >= 0.3 is 5.43 Å². The van der Waals surface area contributed by atoms with E-state index in [1.165, 1.54) is 16.5 Å². The molecule has 1 aromatic heterocycles. The first kappa shape index (κ1) is 20.6. The third-order valence-electron chi connectivity index (χ3n) is 5.17. The summed E-state index contributed by atoms with van der Waals surface area (Å²) in [5.41, 5.74) is 2.58. The summed E-state index contributed by atoms with van der Waals surface area (Å²) < 4.78 is 13.7. The number of carboxylic acid groups (broad SMARTS) is 1. The average Bonchev–Trinajstić information content (AvgIpc) is 3.29. The van der Waals surface area contributed by atoms with Gasteiger partial charge in [0.25, 0.3) is 0 Å². The summed E-state index contributed by atoms with van der Waals surface area (Å²) in [4.78, 5) is 8.77. The van der Waals surface area contributed by atoms with E-state index in [2.05, 4.69) is 71.5 Å². The van der Waals surface area contributed by atoms with Crippen LogP contribution >= 0.6 is 11.6 Å². The number of fused-ring (bicyclic) bond motifs is 1. The van der Waals surface area contributed by atoms with Crippen molar-refractivity contribution in [2.24, 2.45) is 0 Å². The third-order valence-corrected chi connectivity index (χ3v) is 6.05. The Labute approximate surface area is 171 Å². The Morgan fingerprint density at radius 3 is 2.57 bits per heavy atom. The molecule has 2 unspecified atom stereocenters. The van der Waals surface area contributed by atoms with Gasteiger partial charge in [-0.1, -0.05) is 36.4 Å². The minimum atomic E-state index is -1.36. The predicted octanol–water partition coefficient (Wildman–Crippen LogP) is 4.16. The van der Waals surface area contributed by atoms with Crippen LogP contribution in [-0.4, -0.2) is 38.1 Å². The van der Waals surface area contributed by atoms with E-state index in [1.807, 2.05) is 10.2 Å². The van der Waals surface area contributed by atoms with Crippen molar-refractivity contribution in [3.8, 4) is 0 Å². The molecular weight excluding hydrogens is 396 g/mol. The molecule has 0 spiro atoms. The highest BCUT2D eigenvalue weighted by Crippen LogP contribution is 2.36. The van der Waals surface area contributed by atoms with Crippen molar-refractivity contribution in [3.63, 3.8) is 0 Å². The molecule has 1 aliphatic heterocycles. The lowest BCUT2D eigenvalue weighted by Crippen LogP contribution is -2.31. The summed E-state index contributed by atoms with van der Waals surface area (Å²) in [6.45, 7) is 2.07. The number of nitrogens with one attached hydrogen (secondary N) is 1. The van der Waals surface area contributed by atoms with E-state index >= 15 is 0 Å². The van der Waals surface area contributed by atoms with Crippen LogP contribution in [0, 0.1) is 0 Å². The second-order valence-electron chi connectivity index (χ2n) is 6.96. The first-order chi connectivity index (χ1) is 13.4. The molecule has 1 aliphatic rings. The maximum absolute atomic E-state index is 11.8. The van der Waals surface area contributed by atoms with Crippen LogP contribution in [0.15, 0.2) is 60.8 Å². The lowest BCUT2D eigenvalue weighted by atomic mass is 9.74. The van der Waals surface area contributed by atoms with Crippen molar-refractivity contribution in [1.29, 1.82) is 0 Å². The van der Waals surface area contributed by atoms with Crippen molar-refractivity contribution in [2.75, 3.05) is 19.3 Å². The van der Waals surface area contributed by atoms with Gasteiger partial charge in [-0.3, -0.25) is 3.97 Å². The van der Waals surface area contributed by atoms with Crippen LogP contribution in [0.2, 0.25) is 0 Å². The van der Waals surface area contributed by atoms with Crippen LogP contribution in [0.1, 0.15) is 17.5 Å². The summed E-state index contributed by atoms with van der Waals surface area (Å²) >= 11 is 4.19. The summed E-state index contributed by atoms with van der Waals surface area (Å²) in [6.07, 6.45) is 5.83. The molecule has 1 saturated heterocycles. The summed E-state index contributed by atoms with van der Waals surface area (Å²) in [7, 11) is -1.02. The third kappa shape index (κ3) is 4.63. The zero-order valence-electron chi connectivity index (χ0n) is 15.6. The fourth-order valence-electron chi connectivity index (χ4n) is 3.90. The zero-order chi connectivity index (χ0) is 20.1. The molecule has 148 valence electrons. The topological polar surface area (TPSA) is 71.3 Å². The first-order valence-corrected chi connectivity index (χ1v) is 10.9. The Balaban J connectivity index is 0.000000516. The molecule has 0 saturated carbocycles. The molecule has 0 aliphatic carbocycles. The molecule has 28 heavy (non-hydrogen) atoms. The van der Waals surface area contributed by atoms with Crippen LogP contribution in [0.4, 0.5) is 4.79 Å². The van der Waals surface area contributed by atoms with E-state index in [0.717, 1.165) is 31.4 Å². The van der Waals surface area contributed by atoms with Crippen LogP contribution < -0.4 is 5.32 Å². The number of rotatable bonds is 4. The fourth-order valence-corrected chi connectivity index (χ4v) is 4.58. The number of aromatic nitrogens is 1. The van der Waals surface area contributed by atoms with Crippen molar-refractivity contribution < 1.29 is 14.1 Å². The standard InChI is InChI=1S/C20H22N2OS.CHClO2/c1-24(23)22-12-9-17-13-18(7-8-19(17)22)20(10-11-21-15-20)14-16-5-3-2-4-6-16;2-1(3)4/h2-9,12-13,21H,10-11,14-15H2,1H3;(H,3,4). The summed E-state index contributed by atoms with van der Waals surface area (Å²) in [6, 6.07) is 19.4. The van der Waals surface area contributed by atoms with Crippen LogP contribution in [-0.2, 0) is 22.8 Å². The molecule has 3 aromatic rings. The average molecular weight is 419 g/mol. The molecule has 0 bridgehead atoms. The van der Waals surface area contributed by atoms with Crippen molar-refractivity contribution >= 4 is 38.9 Å². The van der Waals surface area contributed by atoms with Gasteiger partial charge in [-0.25, -0.2) is 9.00 Å². The van der Waals surface area contributed by atoms with E-state index in [1.54, 1.807) is 6.26 Å². The minimum Gasteiger partial charge on any atom is -0.469 e. The number of hydrogen-bond acceptors (Lipinski definition) is 3. The van der Waals surface area contributed by atoms with E-state index in [0.29, 0.717) is 0 Å². The van der Waals surface area contributed by atoms with Gasteiger partial charge in [-0.15, -0.1) is 0 Å². The van der Waals surface area contributed by atoms with Gasteiger partial charge < -0.3 is 10.4 Å². The predicted molar refractivity (Wildman–Crippen MR) is 115 cm³/mol. The zero-order valence-corrected chi connectivity index (χ0v) is 17.2. The van der Waals surface area contributed by atoms with Gasteiger partial charge in [0.05, 0.1) is 5.52 Å². The molecule has 4 rings (SSSR count). The highest BCUT2D eigenvalue weighted by atomic mass is 35.5. The first-order valence-electron chi connectivity index (χ1n) is 9.00. The largest absolute Gasteiger partial charge is 0.469 e. The van der Waals surface area contributed by atoms with Crippen LogP contribution in [0.5, 0.6) is 0 Å². The maximum Gasteiger partial charge on any atom is 0.401 e. The lowest BCUT2D eigenvalue weighted by Gasteiger charge is -2.29. The Kier molecular flexibility index (Phi) is 6.54. The van der Waals surface area contributed by atoms with E-state index < -0.39 is 16.4 Å². The van der Waals surface area contributed by atoms with Crippen molar-refractivity contribution in [3.05, 3.63) is 71.9 Å². The SMILES string of the molecule is CS(=O)n1ccc2cc(C3(Cc4ccccc4)CCNC3)ccc21.O=C(O)Cl. The number of hydrogen-bond donors (Lipinski definition) is 2. The molecule has 0 radical (unpaired) electrons. The Morgan fingerprint density at radius 2 is 1.96 bits per heavy atom. The Hall–Kier alpha value is -2.15. The minimum absolute atomic E-state index is 0.142. The van der Waals surface area contributed by atoms with Crippen molar-refractivity contribution in [1.82, 2.24) is 9.29 Å². The second-order valence-corrected chi connectivity index (χ2v) is 8.53. The maximum atomic E-state index is 11.8. The van der Waals surface area contributed by atoms with Gasteiger partial charge in [0, 0.05) is 41.4 Å². The molecule has 2 aromatic carbocycles. The van der Waals surface area contributed by atoms with Gasteiger partial charge in [0.2, 0.25) is 0 Å². The molecule has 2 N–H and O–H groups in total. The Morgan fingerprint density at radius 1 is 1.25 bits per heavy atom. The Bertz CT molecular complexity index is 978. The molecule has 5 nitrogen and oxygen atoms in total. The molecule has 2 heterocycles. The van der Waals surface area contributed by atoms with E-state index in [-0.39, 0.29) is 5.41 Å². The molecular formula is C21H23ClN2O3S. The molecule has 2 atom stereocenters. The monoisotopic (exact) mass is 418 g/mol. The fraction of sp³-hybridized carbons (Fsp3) is 0.286. The molecule has 1 fully saturated rings. The quantitative estimate of drug-likeness (QED) is 0.624. The smallest absolute Gasteiger partial charge is 0.401 e. The number of nitrogens with zero attached hydrogens (tertiary/aromatic N) is 1. The van der Waals surface area contributed by atoms with Crippen molar-refractivity contribution in [2.45, 2.75) is 18.3 Å². The van der Waals surface area contributed by atoms with Crippen LogP contribution in [0.3, 0.4) is 0 Å². The highest BCUT2D eigenvalue weighted by molar-refractivity contribution is 7.82. The molecule has 7 heteroatoms. The van der Waals surface area contributed by atoms with E-state index in [9.17, 15) is 4.21 Å². The highest BCUT2D eigenvalue weighted by Gasteiger charge is 2.35. The molecule has 0 amide bonds. The van der Waals surface area contributed by atoms with Gasteiger partial charge in [-0.2, -0.15) is 0 Å². The normalized spacial score (nSPS) is 19.8. The van der Waals surface area contributed by atoms with Crippen LogP contribution in [0.25, 0.3) is 10.9 Å². The second kappa shape index (κ2) is 8.90. The van der Waals surface area contributed by atoms with Gasteiger partial charge in [0.1, 0.15) is 11.0 Å². The summed E-state index contributed by atoms with van der Waals surface area (Å²) in [5, 5.41) is 11.9. The van der Waals surface area contributed by atoms with Gasteiger partial charge in [0.15, 0.2) is 0 Å². The number of halogens is 1. The van der Waals surface area contributed by atoms with Gasteiger partial charge in [-0.05, 0) is 48.7 Å². The van der Waals surface area contributed by atoms with E-state index in [4.69, 9.17) is 9.90 Å². The number of benzene rings is 2. The number of carbonyl (C=O) groups is 1. The lowest BCUT2D eigenvalue weighted by molar-refractivity contribution is 0.220. The summed E-state index contributed by atoms with van der Waals surface area (Å²) in [5.74, 6) is 0.